The number of phosphoric acid groups is 1. The van der Waals surface area contributed by atoms with Crippen LogP contribution in [0.1, 0.15) is 13.8 Å². The molecule has 0 aliphatic heterocycles. The van der Waals surface area contributed by atoms with E-state index < -0.39 is 15.7 Å². The highest BCUT2D eigenvalue weighted by Crippen LogP contribution is 2.42. The molecule has 0 spiro atoms. The zero-order valence-electron chi connectivity index (χ0n) is 16.1. The van der Waals surface area contributed by atoms with E-state index in [-0.39, 0.29) is 13.2 Å². The Morgan fingerprint density at radius 2 is 0.964 bits per heavy atom. The lowest BCUT2D eigenvalue weighted by Gasteiger charge is -2.18. The smallest absolute Gasteiger partial charge is 0.302 e. The fourth-order valence-electron chi connectivity index (χ4n) is 2.54. The number of phosphoric ester groups is 1. The van der Waals surface area contributed by atoms with E-state index in [9.17, 15) is 4.57 Å². The highest BCUT2D eigenvalue weighted by Gasteiger charge is 2.17. The van der Waals surface area contributed by atoms with Gasteiger partial charge in [0.1, 0.15) is 0 Å². The number of rotatable bonds is 7. The number of hydrogen-bond donors (Lipinski definition) is 1. The first-order chi connectivity index (χ1) is 13.6. The van der Waals surface area contributed by atoms with Crippen molar-refractivity contribution in [3.63, 3.8) is 0 Å². The summed E-state index contributed by atoms with van der Waals surface area (Å²) in [6, 6.07) is 32.3. The van der Waals surface area contributed by atoms with Crippen molar-refractivity contribution in [1.82, 2.24) is 0 Å². The van der Waals surface area contributed by atoms with Crippen molar-refractivity contribution in [2.45, 2.75) is 13.8 Å². The predicted molar refractivity (Wildman–Crippen MR) is 118 cm³/mol. The Labute approximate surface area is 168 Å². The molecule has 0 unspecified atom stereocenters. The Balaban J connectivity index is 0.000000266. The van der Waals surface area contributed by atoms with Crippen LogP contribution in [-0.2, 0) is 13.6 Å². The topological polar surface area (TPSA) is 55.8 Å². The summed E-state index contributed by atoms with van der Waals surface area (Å²) in [5.41, 5.74) is 0. The minimum Gasteiger partial charge on any atom is -0.302 e. The summed E-state index contributed by atoms with van der Waals surface area (Å²) in [6.07, 6.45) is 0. The molecular weight excluding hydrogens is 390 g/mol. The van der Waals surface area contributed by atoms with Crippen LogP contribution in [0, 0.1) is 0 Å². The van der Waals surface area contributed by atoms with E-state index >= 15 is 0 Å². The summed E-state index contributed by atoms with van der Waals surface area (Å²) in [4.78, 5) is 8.63. The summed E-state index contributed by atoms with van der Waals surface area (Å²) in [7, 11) is -4.14. The van der Waals surface area contributed by atoms with Gasteiger partial charge >= 0.3 is 7.82 Å². The van der Waals surface area contributed by atoms with E-state index in [1.165, 1.54) is 15.9 Å². The van der Waals surface area contributed by atoms with Gasteiger partial charge in [-0.15, -0.1) is 0 Å². The quantitative estimate of drug-likeness (QED) is 0.572. The van der Waals surface area contributed by atoms with E-state index in [4.69, 9.17) is 4.89 Å². The van der Waals surface area contributed by atoms with Crippen LogP contribution in [0.25, 0.3) is 0 Å². The summed E-state index contributed by atoms with van der Waals surface area (Å²) in [5.74, 6) is 0. The molecule has 0 atom stereocenters. The van der Waals surface area contributed by atoms with Gasteiger partial charge in [0.25, 0.3) is 0 Å². The fourth-order valence-corrected chi connectivity index (χ4v) is 5.57. The molecule has 0 aliphatic carbocycles. The Morgan fingerprint density at radius 1 is 0.679 bits per heavy atom. The van der Waals surface area contributed by atoms with Crippen molar-refractivity contribution >= 4 is 31.7 Å². The van der Waals surface area contributed by atoms with Gasteiger partial charge in [-0.05, 0) is 37.7 Å². The third kappa shape index (κ3) is 7.31. The lowest BCUT2D eigenvalue weighted by atomic mass is 10.4. The van der Waals surface area contributed by atoms with Crippen LogP contribution in [-0.4, -0.2) is 18.1 Å². The molecule has 1 N–H and O–H groups in total. The zero-order valence-corrected chi connectivity index (χ0v) is 17.9. The average molecular weight is 416 g/mol. The standard InChI is InChI=1S/C18H15P.C4H11O4P/c1-4-10-16(11-5-1)19(17-12-6-2-7-13-17)18-14-8-3-9-15-18;1-3-7-9(5,6)8-4-2/h1-15H;3-4H2,1-2H3,(H,5,6). The van der Waals surface area contributed by atoms with Gasteiger partial charge in [0, 0.05) is 0 Å². The normalized spacial score (nSPS) is 11.0. The Hall–Kier alpha value is -1.80. The highest BCUT2D eigenvalue weighted by molar-refractivity contribution is 7.79. The molecule has 0 aliphatic rings. The molecule has 3 rings (SSSR count). The molecule has 0 saturated carbocycles. The summed E-state index contributed by atoms with van der Waals surface area (Å²) >= 11 is 0. The third-order valence-electron chi connectivity index (χ3n) is 3.63. The minimum atomic E-state index is -3.69. The molecule has 6 heteroatoms. The van der Waals surface area contributed by atoms with E-state index in [2.05, 4.69) is 100 Å². The van der Waals surface area contributed by atoms with Crippen LogP contribution >= 0.6 is 15.7 Å². The van der Waals surface area contributed by atoms with Gasteiger partial charge in [0.2, 0.25) is 0 Å². The van der Waals surface area contributed by atoms with Crippen LogP contribution in [0.4, 0.5) is 0 Å². The lowest BCUT2D eigenvalue weighted by molar-refractivity contribution is 0.161. The van der Waals surface area contributed by atoms with Crippen LogP contribution < -0.4 is 15.9 Å². The Kier molecular flexibility index (Phi) is 9.57. The van der Waals surface area contributed by atoms with Crippen molar-refractivity contribution in [3.8, 4) is 0 Å². The Bertz CT molecular complexity index is 738. The predicted octanol–water partition coefficient (Wildman–Crippen LogP) is 4.60. The van der Waals surface area contributed by atoms with Gasteiger partial charge in [-0.2, -0.15) is 0 Å². The molecule has 0 radical (unpaired) electrons. The maximum atomic E-state index is 10.5. The van der Waals surface area contributed by atoms with Gasteiger partial charge in [-0.1, -0.05) is 91.0 Å². The van der Waals surface area contributed by atoms with Gasteiger partial charge in [0.05, 0.1) is 13.2 Å². The second kappa shape index (κ2) is 11.9. The monoisotopic (exact) mass is 416 g/mol. The summed E-state index contributed by atoms with van der Waals surface area (Å²) in [5, 5.41) is 4.19. The molecular formula is C22H26O4P2. The first-order valence-corrected chi connectivity index (χ1v) is 12.0. The first kappa shape index (κ1) is 22.5. The molecule has 0 saturated heterocycles. The van der Waals surface area contributed by atoms with Crippen LogP contribution in [0.3, 0.4) is 0 Å². The average Bonchev–Trinajstić information content (AvgIpc) is 2.71. The highest BCUT2D eigenvalue weighted by atomic mass is 31.2. The van der Waals surface area contributed by atoms with E-state index in [1.54, 1.807) is 13.8 Å². The minimum absolute atomic E-state index is 0.188. The van der Waals surface area contributed by atoms with Crippen LogP contribution in [0.15, 0.2) is 91.0 Å². The van der Waals surface area contributed by atoms with Crippen molar-refractivity contribution in [3.05, 3.63) is 91.0 Å². The first-order valence-electron chi connectivity index (χ1n) is 9.14. The number of hydrogen-bond acceptors (Lipinski definition) is 3. The largest absolute Gasteiger partial charge is 0.472 e. The molecule has 28 heavy (non-hydrogen) atoms. The fraction of sp³-hybridized carbons (Fsp3) is 0.182. The maximum Gasteiger partial charge on any atom is 0.472 e. The van der Waals surface area contributed by atoms with Crippen molar-refractivity contribution < 1.29 is 18.5 Å². The Morgan fingerprint density at radius 3 is 1.21 bits per heavy atom. The number of benzene rings is 3. The zero-order chi connectivity index (χ0) is 20.2. The summed E-state index contributed by atoms with van der Waals surface area (Å²) < 4.78 is 19.2. The molecule has 0 aromatic heterocycles. The van der Waals surface area contributed by atoms with Crippen molar-refractivity contribution in [2.24, 2.45) is 0 Å². The molecule has 148 valence electrons. The van der Waals surface area contributed by atoms with E-state index in [1.807, 2.05) is 0 Å². The van der Waals surface area contributed by atoms with Crippen molar-refractivity contribution in [1.29, 1.82) is 0 Å². The third-order valence-corrected chi connectivity index (χ3v) is 7.24. The molecule has 4 nitrogen and oxygen atoms in total. The molecule has 0 fully saturated rings. The van der Waals surface area contributed by atoms with Gasteiger partial charge < -0.3 is 4.89 Å². The van der Waals surface area contributed by atoms with Gasteiger partial charge in [-0.25, -0.2) is 4.57 Å². The molecule has 0 heterocycles. The molecule has 3 aromatic rings. The van der Waals surface area contributed by atoms with Gasteiger partial charge in [-0.3, -0.25) is 9.05 Å². The second-order valence-corrected chi connectivity index (χ2v) is 9.32. The van der Waals surface area contributed by atoms with Gasteiger partial charge in [0.15, 0.2) is 0 Å². The van der Waals surface area contributed by atoms with E-state index in [0.717, 1.165) is 0 Å². The molecule has 3 aromatic carbocycles. The van der Waals surface area contributed by atoms with Crippen LogP contribution in [0.5, 0.6) is 0 Å². The van der Waals surface area contributed by atoms with Crippen LogP contribution in [0.2, 0.25) is 0 Å². The molecule has 0 amide bonds. The SMILES string of the molecule is CCOP(=O)(O)OCC.c1ccc(P(c2ccccc2)c2ccccc2)cc1. The van der Waals surface area contributed by atoms with Crippen molar-refractivity contribution in [2.75, 3.05) is 13.2 Å². The lowest BCUT2D eigenvalue weighted by Crippen LogP contribution is -2.20. The maximum absolute atomic E-state index is 10.5. The molecule has 0 bridgehead atoms. The van der Waals surface area contributed by atoms with E-state index in [0.29, 0.717) is 0 Å². The summed E-state index contributed by atoms with van der Waals surface area (Å²) in [6.45, 7) is 3.63. The second-order valence-electron chi connectivity index (χ2n) is 5.65.